The lowest BCUT2D eigenvalue weighted by Gasteiger charge is -2.26. The van der Waals surface area contributed by atoms with Crippen LogP contribution in [-0.2, 0) is 14.6 Å². The maximum atomic E-state index is 12.0. The van der Waals surface area contributed by atoms with Crippen LogP contribution >= 0.6 is 27.7 Å². The second-order valence-electron chi connectivity index (χ2n) is 6.05. The molecule has 1 fully saturated rings. The maximum absolute atomic E-state index is 12.0. The van der Waals surface area contributed by atoms with Crippen molar-refractivity contribution < 1.29 is 13.2 Å². The molecule has 0 unspecified atom stereocenters. The zero-order valence-corrected chi connectivity index (χ0v) is 16.6. The highest BCUT2D eigenvalue weighted by Gasteiger charge is 2.47. The van der Waals surface area contributed by atoms with E-state index in [1.54, 1.807) is 14.1 Å². The number of anilines is 1. The molecule has 2 aliphatic rings. The van der Waals surface area contributed by atoms with Crippen molar-refractivity contribution in [2.24, 2.45) is 4.99 Å². The fraction of sp³-hybridized carbons (Fsp3) is 0.467. The maximum Gasteiger partial charge on any atom is 0.232 e. The molecule has 6 nitrogen and oxygen atoms in total. The van der Waals surface area contributed by atoms with Gasteiger partial charge in [-0.1, -0.05) is 33.8 Å². The summed E-state index contributed by atoms with van der Waals surface area (Å²) >= 11 is 4.81. The molecular weight excluding hydrogens is 414 g/mol. The summed E-state index contributed by atoms with van der Waals surface area (Å²) < 4.78 is 24.9. The van der Waals surface area contributed by atoms with Crippen LogP contribution in [0.15, 0.2) is 33.7 Å². The molecule has 0 spiro atoms. The summed E-state index contributed by atoms with van der Waals surface area (Å²) in [6, 6.07) is 7.25. The van der Waals surface area contributed by atoms with Gasteiger partial charge in [0, 0.05) is 24.3 Å². The van der Waals surface area contributed by atoms with Crippen molar-refractivity contribution in [3.8, 4) is 0 Å². The van der Waals surface area contributed by atoms with Crippen molar-refractivity contribution in [3.63, 3.8) is 0 Å². The number of halogens is 1. The molecule has 3 rings (SSSR count). The number of amides is 1. The molecule has 130 valence electrons. The van der Waals surface area contributed by atoms with Crippen LogP contribution in [0.3, 0.4) is 0 Å². The molecular formula is C15H18BrN3O3S2. The average Bonchev–Trinajstić information content (AvgIpc) is 2.95. The van der Waals surface area contributed by atoms with Crippen molar-refractivity contribution in [2.45, 2.75) is 12.1 Å². The van der Waals surface area contributed by atoms with Crippen LogP contribution in [0.4, 0.5) is 5.69 Å². The lowest BCUT2D eigenvalue weighted by Crippen LogP contribution is -2.39. The summed E-state index contributed by atoms with van der Waals surface area (Å²) in [4.78, 5) is 20.0. The highest BCUT2D eigenvalue weighted by Crippen LogP contribution is 2.35. The molecule has 0 radical (unpaired) electrons. The van der Waals surface area contributed by atoms with Gasteiger partial charge in [0.25, 0.3) is 0 Å². The number of thioether (sulfide) groups is 1. The highest BCUT2D eigenvalue weighted by atomic mass is 79.9. The number of rotatable bonds is 3. The second-order valence-corrected chi connectivity index (χ2v) is 10.1. The third kappa shape index (κ3) is 3.62. The molecule has 1 aromatic carbocycles. The first-order valence-corrected chi connectivity index (χ1v) is 11.0. The monoisotopic (exact) mass is 431 g/mol. The Morgan fingerprint density at radius 2 is 2.17 bits per heavy atom. The van der Waals surface area contributed by atoms with Crippen LogP contribution in [0.2, 0.25) is 0 Å². The van der Waals surface area contributed by atoms with Crippen molar-refractivity contribution in [3.05, 3.63) is 28.7 Å². The predicted molar refractivity (Wildman–Crippen MR) is 101 cm³/mol. The minimum atomic E-state index is -3.07. The Balaban J connectivity index is 1.89. The molecule has 0 N–H and O–H groups in total. The number of hydrogen-bond acceptors (Lipinski definition) is 6. The molecule has 1 amide bonds. The Kier molecular flexibility index (Phi) is 4.94. The number of carbonyl (C=O) groups is 1. The van der Waals surface area contributed by atoms with E-state index in [2.05, 4.69) is 20.9 Å². The van der Waals surface area contributed by atoms with Gasteiger partial charge in [-0.25, -0.2) is 8.42 Å². The topological polar surface area (TPSA) is 70.0 Å². The first-order valence-electron chi connectivity index (χ1n) is 7.43. The molecule has 1 aromatic rings. The van der Waals surface area contributed by atoms with E-state index in [4.69, 9.17) is 0 Å². The van der Waals surface area contributed by atoms with E-state index in [1.165, 1.54) is 16.7 Å². The summed E-state index contributed by atoms with van der Waals surface area (Å²) in [6.45, 7) is 0. The Morgan fingerprint density at radius 1 is 1.42 bits per heavy atom. The Hall–Kier alpha value is -1.06. The predicted octanol–water partition coefficient (Wildman–Crippen LogP) is 1.61. The fourth-order valence-corrected chi connectivity index (χ4v) is 6.15. The molecule has 2 atom stereocenters. The van der Waals surface area contributed by atoms with Crippen molar-refractivity contribution >= 4 is 54.3 Å². The van der Waals surface area contributed by atoms with Gasteiger partial charge in [0.05, 0.1) is 29.3 Å². The zero-order valence-electron chi connectivity index (χ0n) is 13.3. The fourth-order valence-electron chi connectivity index (χ4n) is 2.82. The summed E-state index contributed by atoms with van der Waals surface area (Å²) in [5, 5.41) is 0.716. The normalized spacial score (nSPS) is 24.6. The molecule has 0 aromatic heterocycles. The lowest BCUT2D eigenvalue weighted by atomic mass is 10.1. The number of amidine groups is 1. The highest BCUT2D eigenvalue weighted by molar-refractivity contribution is 9.10. The van der Waals surface area contributed by atoms with E-state index >= 15 is 0 Å². The number of fused-ring (bicyclic) bond motifs is 1. The molecule has 9 heteroatoms. The van der Waals surface area contributed by atoms with Gasteiger partial charge in [0.15, 0.2) is 15.0 Å². The zero-order chi connectivity index (χ0) is 17.5. The number of aliphatic imine (C=N–C) groups is 1. The molecule has 0 saturated carbocycles. The lowest BCUT2D eigenvalue weighted by molar-refractivity contribution is -0.125. The molecule has 0 aliphatic carbocycles. The summed E-state index contributed by atoms with van der Waals surface area (Å²) in [5.74, 6) is 0.456. The molecule has 1 saturated heterocycles. The first kappa shape index (κ1) is 17.8. The van der Waals surface area contributed by atoms with E-state index in [0.29, 0.717) is 5.17 Å². The molecule has 2 heterocycles. The van der Waals surface area contributed by atoms with E-state index in [0.717, 1.165) is 10.2 Å². The van der Waals surface area contributed by atoms with Crippen LogP contribution in [-0.4, -0.2) is 67.8 Å². The van der Waals surface area contributed by atoms with Crippen molar-refractivity contribution in [2.75, 3.05) is 36.3 Å². The smallest absolute Gasteiger partial charge is 0.232 e. The van der Waals surface area contributed by atoms with E-state index < -0.39 is 9.84 Å². The van der Waals surface area contributed by atoms with E-state index in [1.807, 2.05) is 29.2 Å². The number of sulfone groups is 1. The van der Waals surface area contributed by atoms with Crippen LogP contribution in [0.1, 0.15) is 0 Å². The Bertz CT molecular complexity index is 795. The van der Waals surface area contributed by atoms with Gasteiger partial charge in [-0.2, -0.15) is 0 Å². The van der Waals surface area contributed by atoms with Crippen molar-refractivity contribution in [1.82, 2.24) is 4.90 Å². The summed E-state index contributed by atoms with van der Waals surface area (Å²) in [6.07, 6.45) is 0. The van der Waals surface area contributed by atoms with Crippen LogP contribution < -0.4 is 4.90 Å². The Morgan fingerprint density at radius 3 is 2.83 bits per heavy atom. The summed E-state index contributed by atoms with van der Waals surface area (Å²) in [5.41, 5.74) is 0.887. The minimum Gasteiger partial charge on any atom is -0.348 e. The number of carbonyl (C=O) groups excluding carboxylic acids is 1. The Labute approximate surface area is 154 Å². The van der Waals surface area contributed by atoms with Crippen LogP contribution in [0.5, 0.6) is 0 Å². The first-order chi connectivity index (χ1) is 11.3. The largest absolute Gasteiger partial charge is 0.348 e. The SMILES string of the molecule is CN(C)C(=O)CSC1=N[C@H]2CS(=O)(=O)C[C@@H]2N1c1cccc(Br)c1. The minimum absolute atomic E-state index is 0.00146. The van der Waals surface area contributed by atoms with Crippen LogP contribution in [0.25, 0.3) is 0 Å². The van der Waals surface area contributed by atoms with Crippen molar-refractivity contribution in [1.29, 1.82) is 0 Å². The van der Waals surface area contributed by atoms with Gasteiger partial charge in [-0.05, 0) is 18.2 Å². The molecule has 2 aliphatic heterocycles. The van der Waals surface area contributed by atoms with E-state index in [9.17, 15) is 13.2 Å². The average molecular weight is 432 g/mol. The third-order valence-electron chi connectivity index (χ3n) is 4.02. The van der Waals surface area contributed by atoms with Gasteiger partial charge >= 0.3 is 0 Å². The number of benzene rings is 1. The second kappa shape index (κ2) is 6.68. The van der Waals surface area contributed by atoms with Gasteiger partial charge < -0.3 is 9.80 Å². The number of hydrogen-bond donors (Lipinski definition) is 0. The van der Waals surface area contributed by atoms with E-state index in [-0.39, 0.29) is 35.2 Å². The third-order valence-corrected chi connectivity index (χ3v) is 7.16. The quantitative estimate of drug-likeness (QED) is 0.726. The van der Waals surface area contributed by atoms with Gasteiger partial charge in [-0.3, -0.25) is 9.79 Å². The number of nitrogens with zero attached hydrogens (tertiary/aromatic N) is 3. The summed E-state index contributed by atoms with van der Waals surface area (Å²) in [7, 11) is 0.360. The van der Waals surface area contributed by atoms with Gasteiger partial charge in [-0.15, -0.1) is 0 Å². The molecule has 24 heavy (non-hydrogen) atoms. The standard InChI is InChI=1S/C15H18BrN3O3S2/c1-18(2)14(20)7-23-15-17-12-8-24(21,22)9-13(12)19(15)11-5-3-4-10(16)6-11/h3-6,12-13H,7-9H2,1-2H3/t12-,13-/m0/s1. The van der Waals surface area contributed by atoms with Gasteiger partial charge in [0.1, 0.15) is 0 Å². The van der Waals surface area contributed by atoms with Gasteiger partial charge in [0.2, 0.25) is 5.91 Å². The molecule has 0 bridgehead atoms. The van der Waals surface area contributed by atoms with Crippen LogP contribution in [0, 0.1) is 0 Å².